The van der Waals surface area contributed by atoms with Gasteiger partial charge >= 0.3 is 0 Å². The summed E-state index contributed by atoms with van der Waals surface area (Å²) in [6.45, 7) is 1.98. The maximum Gasteiger partial charge on any atom is 0.185 e. The van der Waals surface area contributed by atoms with Gasteiger partial charge in [-0.25, -0.2) is 4.39 Å². The van der Waals surface area contributed by atoms with Gasteiger partial charge in [0.25, 0.3) is 0 Å². The molecule has 190 valence electrons. The van der Waals surface area contributed by atoms with Crippen LogP contribution in [0.1, 0.15) is 53.7 Å². The molecule has 39 heavy (non-hydrogen) atoms. The molecule has 0 unspecified atom stereocenters. The van der Waals surface area contributed by atoms with Crippen molar-refractivity contribution < 1.29 is 18.8 Å². The fraction of sp³-hybridized carbons (Fsp3) is 0.147. The minimum Gasteiger partial charge on any atom is -0.352 e. The second-order valence-corrected chi connectivity index (χ2v) is 10.6. The van der Waals surface area contributed by atoms with Gasteiger partial charge in [0.1, 0.15) is 17.3 Å². The van der Waals surface area contributed by atoms with Crippen LogP contribution in [0.4, 0.5) is 10.1 Å². The number of anilines is 1. The van der Waals surface area contributed by atoms with Gasteiger partial charge in [0.05, 0.1) is 6.04 Å². The molecule has 4 aromatic carbocycles. The van der Waals surface area contributed by atoms with Crippen molar-refractivity contribution in [1.82, 2.24) is 0 Å². The van der Waals surface area contributed by atoms with E-state index in [9.17, 15) is 18.8 Å². The molecule has 4 nitrogen and oxygen atoms in total. The van der Waals surface area contributed by atoms with Gasteiger partial charge in [-0.05, 0) is 41.8 Å². The number of rotatable bonds is 3. The fourth-order valence-corrected chi connectivity index (χ4v) is 6.89. The Labute approximate surface area is 225 Å². The van der Waals surface area contributed by atoms with Gasteiger partial charge in [-0.3, -0.25) is 14.4 Å². The molecule has 0 aromatic heterocycles. The van der Waals surface area contributed by atoms with E-state index < -0.39 is 29.2 Å². The summed E-state index contributed by atoms with van der Waals surface area (Å²) in [6.07, 6.45) is 3.84. The molecule has 3 atom stereocenters. The van der Waals surface area contributed by atoms with Crippen LogP contribution in [-0.4, -0.2) is 29.4 Å². The van der Waals surface area contributed by atoms with Crippen LogP contribution in [0.25, 0.3) is 6.08 Å². The quantitative estimate of drug-likeness (QED) is 0.233. The molecule has 1 fully saturated rings. The van der Waals surface area contributed by atoms with Crippen molar-refractivity contribution in [2.45, 2.75) is 24.9 Å². The molecule has 4 aromatic rings. The van der Waals surface area contributed by atoms with Crippen LogP contribution < -0.4 is 4.90 Å². The Balaban J connectivity index is 1.56. The first-order chi connectivity index (χ1) is 18.9. The van der Waals surface area contributed by atoms with Crippen LogP contribution in [0.15, 0.2) is 103 Å². The number of carbonyl (C=O) groups is 3. The number of fused-ring (bicyclic) bond motifs is 5. The van der Waals surface area contributed by atoms with Crippen molar-refractivity contribution in [2.75, 3.05) is 4.90 Å². The molecule has 1 spiro atoms. The number of ketones is 3. The molecule has 0 N–H and O–H groups in total. The summed E-state index contributed by atoms with van der Waals surface area (Å²) in [5.74, 6) is -2.05. The average molecular weight is 514 g/mol. The van der Waals surface area contributed by atoms with Crippen molar-refractivity contribution in [3.63, 3.8) is 0 Å². The van der Waals surface area contributed by atoms with Gasteiger partial charge in [0.2, 0.25) is 0 Å². The van der Waals surface area contributed by atoms with Crippen LogP contribution in [0.3, 0.4) is 0 Å². The minimum atomic E-state index is -1.59. The smallest absolute Gasteiger partial charge is 0.185 e. The van der Waals surface area contributed by atoms with E-state index in [0.717, 1.165) is 16.8 Å². The van der Waals surface area contributed by atoms with Gasteiger partial charge in [0, 0.05) is 28.3 Å². The Morgan fingerprint density at radius 2 is 1.46 bits per heavy atom. The lowest BCUT2D eigenvalue weighted by atomic mass is 9.64. The Bertz CT molecular complexity index is 1670. The number of aryl methyl sites for hydroxylation is 1. The largest absolute Gasteiger partial charge is 0.352 e. The summed E-state index contributed by atoms with van der Waals surface area (Å²) in [5, 5.41) is 0. The number of nitrogens with zero attached hydrogens (tertiary/aromatic N) is 1. The Hall–Kier alpha value is -4.64. The minimum absolute atomic E-state index is 0.189. The van der Waals surface area contributed by atoms with E-state index in [1.165, 1.54) is 12.1 Å². The predicted octanol–water partition coefficient (Wildman–Crippen LogP) is 6.45. The van der Waals surface area contributed by atoms with E-state index in [-0.39, 0.29) is 17.3 Å². The maximum absolute atomic E-state index is 14.6. The van der Waals surface area contributed by atoms with Crippen LogP contribution in [0.5, 0.6) is 0 Å². The predicted molar refractivity (Wildman–Crippen MR) is 148 cm³/mol. The molecule has 7 rings (SSSR count). The Kier molecular flexibility index (Phi) is 5.08. The molecule has 5 heteroatoms. The molecular weight excluding hydrogens is 489 g/mol. The first kappa shape index (κ1) is 23.5. The summed E-state index contributed by atoms with van der Waals surface area (Å²) in [4.78, 5) is 45.6. The normalized spacial score (nSPS) is 22.1. The van der Waals surface area contributed by atoms with E-state index in [1.807, 2.05) is 48.2 Å². The van der Waals surface area contributed by atoms with Gasteiger partial charge in [-0.1, -0.05) is 91.0 Å². The number of carbonyl (C=O) groups excluding carboxylic acids is 3. The van der Waals surface area contributed by atoms with Crippen molar-refractivity contribution in [3.8, 4) is 0 Å². The average Bonchev–Trinajstić information content (AvgIpc) is 3.40. The van der Waals surface area contributed by atoms with Crippen LogP contribution in [0.2, 0.25) is 0 Å². The monoisotopic (exact) mass is 513 g/mol. The van der Waals surface area contributed by atoms with E-state index in [1.54, 1.807) is 60.7 Å². The molecule has 3 aliphatic rings. The molecule has 0 amide bonds. The zero-order valence-corrected chi connectivity index (χ0v) is 21.2. The lowest BCUT2D eigenvalue weighted by molar-refractivity contribution is 0.0666. The third kappa shape index (κ3) is 3.13. The van der Waals surface area contributed by atoms with E-state index in [0.29, 0.717) is 22.3 Å². The molecule has 0 saturated carbocycles. The molecule has 1 saturated heterocycles. The molecular formula is C34H24FNO3. The molecule has 1 aliphatic carbocycles. The van der Waals surface area contributed by atoms with E-state index >= 15 is 0 Å². The second kappa shape index (κ2) is 8.43. The van der Waals surface area contributed by atoms with Crippen molar-refractivity contribution in [2.24, 2.45) is 5.41 Å². The summed E-state index contributed by atoms with van der Waals surface area (Å²) in [5.41, 5.74) is 2.93. The highest BCUT2D eigenvalue weighted by Gasteiger charge is 2.71. The Morgan fingerprint density at radius 3 is 2.13 bits per heavy atom. The first-order valence-corrected chi connectivity index (χ1v) is 13.0. The highest BCUT2D eigenvalue weighted by atomic mass is 19.1. The van der Waals surface area contributed by atoms with Crippen LogP contribution in [0, 0.1) is 18.2 Å². The zero-order chi connectivity index (χ0) is 26.9. The number of hydrogen-bond acceptors (Lipinski definition) is 4. The zero-order valence-electron chi connectivity index (χ0n) is 21.2. The van der Waals surface area contributed by atoms with E-state index in [2.05, 4.69) is 0 Å². The molecule has 2 heterocycles. The fourth-order valence-electron chi connectivity index (χ4n) is 6.89. The van der Waals surface area contributed by atoms with Gasteiger partial charge in [-0.2, -0.15) is 0 Å². The highest BCUT2D eigenvalue weighted by molar-refractivity contribution is 6.32. The van der Waals surface area contributed by atoms with Crippen molar-refractivity contribution in [3.05, 3.63) is 142 Å². The van der Waals surface area contributed by atoms with Crippen LogP contribution >= 0.6 is 0 Å². The lowest BCUT2D eigenvalue weighted by Gasteiger charge is -2.37. The number of hydrogen-bond donors (Lipinski definition) is 0. The highest BCUT2D eigenvalue weighted by Crippen LogP contribution is 2.61. The van der Waals surface area contributed by atoms with Crippen LogP contribution in [-0.2, 0) is 0 Å². The topological polar surface area (TPSA) is 54.5 Å². The standard InChI is InChI=1S/C34H24FNO3/c1-20-11-12-21-15-18-28-34(32(38)25-9-5-6-10-26(25)33(34)39)29(22-13-16-24(35)17-14-22)30(36(28)27(21)19-20)31(37)23-7-3-2-4-8-23/h2-19,28-30H,1H3/t28-,29-,30-/m1/s1. The molecule has 0 bridgehead atoms. The third-order valence-electron chi connectivity index (χ3n) is 8.52. The summed E-state index contributed by atoms with van der Waals surface area (Å²) in [7, 11) is 0. The van der Waals surface area contributed by atoms with Gasteiger partial charge in [0.15, 0.2) is 17.3 Å². The summed E-state index contributed by atoms with van der Waals surface area (Å²) in [6, 6.07) is 26.1. The molecule has 2 aliphatic heterocycles. The summed E-state index contributed by atoms with van der Waals surface area (Å²) >= 11 is 0. The van der Waals surface area contributed by atoms with Gasteiger partial charge < -0.3 is 4.90 Å². The summed E-state index contributed by atoms with van der Waals surface area (Å²) < 4.78 is 14.1. The van der Waals surface area contributed by atoms with Crippen molar-refractivity contribution in [1.29, 1.82) is 0 Å². The number of Topliss-reactive ketones (excluding diaryl/α,β-unsaturated/α-hetero) is 3. The number of benzene rings is 4. The van der Waals surface area contributed by atoms with E-state index in [4.69, 9.17) is 0 Å². The molecule has 0 radical (unpaired) electrons. The first-order valence-electron chi connectivity index (χ1n) is 13.0. The third-order valence-corrected chi connectivity index (χ3v) is 8.52. The SMILES string of the molecule is Cc1ccc2c(c1)N1[C@@H](C(=O)c3ccccc3)[C@@H](c3ccc(F)cc3)C3(C(=O)c4ccccc4C3=O)[C@H]1C=C2. The van der Waals surface area contributed by atoms with Crippen molar-refractivity contribution >= 4 is 29.1 Å². The Morgan fingerprint density at radius 1 is 0.821 bits per heavy atom. The second-order valence-electron chi connectivity index (χ2n) is 10.6. The maximum atomic E-state index is 14.6. The number of halogens is 1. The lowest BCUT2D eigenvalue weighted by Crippen LogP contribution is -2.48. The van der Waals surface area contributed by atoms with Gasteiger partial charge in [-0.15, -0.1) is 0 Å².